The molecule has 0 unspecified atom stereocenters. The summed E-state index contributed by atoms with van der Waals surface area (Å²) >= 11 is 0. The molecule has 0 atom stereocenters. The van der Waals surface area contributed by atoms with Gasteiger partial charge in [-0.3, -0.25) is 4.98 Å². The lowest BCUT2D eigenvalue weighted by atomic mass is 10.0. The van der Waals surface area contributed by atoms with Gasteiger partial charge in [-0.25, -0.2) is 9.18 Å². The minimum Gasteiger partial charge on any atom is -0.478 e. The van der Waals surface area contributed by atoms with Crippen LogP contribution in [0.4, 0.5) is 17.6 Å². The Labute approximate surface area is 110 Å². The summed E-state index contributed by atoms with van der Waals surface area (Å²) in [4.78, 5) is 14.2. The molecule has 0 aliphatic carbocycles. The molecule has 0 spiro atoms. The number of hydrogen-bond donors (Lipinski definition) is 1. The van der Waals surface area contributed by atoms with Gasteiger partial charge in [-0.1, -0.05) is 12.1 Å². The van der Waals surface area contributed by atoms with E-state index >= 15 is 0 Å². The second-order valence-electron chi connectivity index (χ2n) is 3.92. The number of aromatic nitrogens is 1. The smallest absolute Gasteiger partial charge is 0.433 e. The van der Waals surface area contributed by atoms with Crippen LogP contribution in [0.3, 0.4) is 0 Å². The molecule has 2 rings (SSSR count). The largest absolute Gasteiger partial charge is 0.478 e. The highest BCUT2D eigenvalue weighted by Gasteiger charge is 2.32. The fraction of sp³-hybridized carbons (Fsp3) is 0.0769. The Bertz CT molecular complexity index is 650. The summed E-state index contributed by atoms with van der Waals surface area (Å²) in [7, 11) is 0. The van der Waals surface area contributed by atoms with Gasteiger partial charge in [0, 0.05) is 11.8 Å². The number of hydrogen-bond acceptors (Lipinski definition) is 2. The maximum absolute atomic E-state index is 13.0. The molecule has 0 saturated carbocycles. The third-order valence-electron chi connectivity index (χ3n) is 2.58. The van der Waals surface area contributed by atoms with Crippen molar-refractivity contribution in [1.82, 2.24) is 4.98 Å². The molecule has 1 aromatic heterocycles. The van der Waals surface area contributed by atoms with Crippen molar-refractivity contribution in [3.05, 3.63) is 53.6 Å². The van der Waals surface area contributed by atoms with Crippen molar-refractivity contribution >= 4 is 5.97 Å². The van der Waals surface area contributed by atoms with Crippen LogP contribution in [0.1, 0.15) is 16.1 Å². The molecule has 0 aliphatic rings. The molecule has 0 aliphatic heterocycles. The van der Waals surface area contributed by atoms with Crippen molar-refractivity contribution in [2.75, 3.05) is 0 Å². The van der Waals surface area contributed by atoms with Gasteiger partial charge in [0.25, 0.3) is 0 Å². The zero-order valence-electron chi connectivity index (χ0n) is 9.78. The van der Waals surface area contributed by atoms with E-state index in [1.165, 1.54) is 6.07 Å². The van der Waals surface area contributed by atoms with Crippen molar-refractivity contribution < 1.29 is 27.5 Å². The van der Waals surface area contributed by atoms with E-state index in [1.54, 1.807) is 0 Å². The predicted molar refractivity (Wildman–Crippen MR) is 61.6 cm³/mol. The average molecular weight is 285 g/mol. The first kappa shape index (κ1) is 14.0. The molecule has 0 radical (unpaired) electrons. The van der Waals surface area contributed by atoms with Crippen LogP contribution in [0.5, 0.6) is 0 Å². The molecule has 1 heterocycles. The Hall–Kier alpha value is -2.44. The maximum atomic E-state index is 13.0. The molecule has 20 heavy (non-hydrogen) atoms. The quantitative estimate of drug-likeness (QED) is 0.858. The van der Waals surface area contributed by atoms with E-state index in [2.05, 4.69) is 4.98 Å². The van der Waals surface area contributed by atoms with E-state index in [1.807, 2.05) is 0 Å². The van der Waals surface area contributed by atoms with Crippen LogP contribution >= 0.6 is 0 Å². The second-order valence-corrected chi connectivity index (χ2v) is 3.92. The van der Waals surface area contributed by atoms with Gasteiger partial charge in [0.15, 0.2) is 0 Å². The Morgan fingerprint density at radius 1 is 1.15 bits per heavy atom. The molecule has 1 aromatic carbocycles. The number of pyridine rings is 1. The van der Waals surface area contributed by atoms with E-state index in [4.69, 9.17) is 5.11 Å². The van der Waals surface area contributed by atoms with Gasteiger partial charge in [-0.2, -0.15) is 13.2 Å². The molecule has 2 aromatic rings. The van der Waals surface area contributed by atoms with Crippen molar-refractivity contribution in [3.63, 3.8) is 0 Å². The molecule has 0 saturated heterocycles. The van der Waals surface area contributed by atoms with Gasteiger partial charge < -0.3 is 5.11 Å². The van der Waals surface area contributed by atoms with Crippen LogP contribution in [0.2, 0.25) is 0 Å². The predicted octanol–water partition coefficient (Wildman–Crippen LogP) is 3.60. The minimum atomic E-state index is -4.57. The van der Waals surface area contributed by atoms with Crippen molar-refractivity contribution in [1.29, 1.82) is 0 Å². The molecule has 3 nitrogen and oxygen atoms in total. The Morgan fingerprint density at radius 2 is 1.85 bits per heavy atom. The fourth-order valence-electron chi connectivity index (χ4n) is 1.67. The highest BCUT2D eigenvalue weighted by molar-refractivity contribution is 5.95. The lowest BCUT2D eigenvalue weighted by Crippen LogP contribution is -2.07. The Balaban J connectivity index is 2.50. The number of carboxylic acid groups (broad SMARTS) is 1. The molecule has 7 heteroatoms. The van der Waals surface area contributed by atoms with Gasteiger partial charge in [-0.15, -0.1) is 0 Å². The number of alkyl halides is 3. The second kappa shape index (κ2) is 4.92. The monoisotopic (exact) mass is 285 g/mol. The number of rotatable bonds is 2. The zero-order valence-corrected chi connectivity index (χ0v) is 9.78. The summed E-state index contributed by atoms with van der Waals surface area (Å²) in [6, 6.07) is 4.84. The Morgan fingerprint density at radius 3 is 2.35 bits per heavy atom. The van der Waals surface area contributed by atoms with Gasteiger partial charge in [-0.05, 0) is 23.8 Å². The number of nitrogens with zero attached hydrogens (tertiary/aromatic N) is 1. The number of carboxylic acids is 1. The van der Waals surface area contributed by atoms with E-state index < -0.39 is 23.7 Å². The van der Waals surface area contributed by atoms with Gasteiger partial charge >= 0.3 is 12.1 Å². The third-order valence-corrected chi connectivity index (χ3v) is 2.58. The van der Waals surface area contributed by atoms with Crippen LogP contribution < -0.4 is 0 Å². The lowest BCUT2D eigenvalue weighted by molar-refractivity contribution is -0.141. The summed E-state index contributed by atoms with van der Waals surface area (Å²) in [6.45, 7) is 0. The molecule has 0 bridgehead atoms. The van der Waals surface area contributed by atoms with Crippen LogP contribution in [-0.4, -0.2) is 16.1 Å². The van der Waals surface area contributed by atoms with E-state index in [-0.39, 0.29) is 16.7 Å². The normalized spacial score (nSPS) is 11.4. The first-order valence-electron chi connectivity index (χ1n) is 5.35. The van der Waals surface area contributed by atoms with Crippen LogP contribution in [-0.2, 0) is 6.18 Å². The molecule has 0 fully saturated rings. The number of carbonyl (C=O) groups is 1. The third kappa shape index (κ3) is 2.76. The Kier molecular flexibility index (Phi) is 3.44. The average Bonchev–Trinajstić information content (AvgIpc) is 2.37. The van der Waals surface area contributed by atoms with Gasteiger partial charge in [0.2, 0.25) is 0 Å². The van der Waals surface area contributed by atoms with Gasteiger partial charge in [0.05, 0.1) is 5.56 Å². The highest BCUT2D eigenvalue weighted by Crippen LogP contribution is 2.30. The first-order valence-corrected chi connectivity index (χ1v) is 5.35. The van der Waals surface area contributed by atoms with Crippen molar-refractivity contribution in [3.8, 4) is 11.1 Å². The lowest BCUT2D eigenvalue weighted by Gasteiger charge is -2.08. The standard InChI is InChI=1S/C13H7F4NO2/c14-8-2-3-9(10(5-8)12(19)20)7-1-4-11(18-6-7)13(15,16)17/h1-6H,(H,19,20). The summed E-state index contributed by atoms with van der Waals surface area (Å²) in [5, 5.41) is 8.97. The molecular weight excluding hydrogens is 278 g/mol. The SMILES string of the molecule is O=C(O)c1cc(F)ccc1-c1ccc(C(F)(F)F)nc1. The highest BCUT2D eigenvalue weighted by atomic mass is 19.4. The van der Waals surface area contributed by atoms with Crippen molar-refractivity contribution in [2.24, 2.45) is 0 Å². The van der Waals surface area contributed by atoms with Crippen LogP contribution in [0, 0.1) is 5.82 Å². The fourth-order valence-corrected chi connectivity index (χ4v) is 1.67. The topological polar surface area (TPSA) is 50.2 Å². The molecule has 1 N–H and O–H groups in total. The van der Waals surface area contributed by atoms with Gasteiger partial charge in [0.1, 0.15) is 11.5 Å². The molecule has 0 amide bonds. The minimum absolute atomic E-state index is 0.0973. The molecular formula is C13H7F4NO2. The number of halogens is 4. The first-order chi connectivity index (χ1) is 9.29. The van der Waals surface area contributed by atoms with E-state index in [9.17, 15) is 22.4 Å². The summed E-state index contributed by atoms with van der Waals surface area (Å²) in [5.74, 6) is -2.12. The summed E-state index contributed by atoms with van der Waals surface area (Å²) in [5.41, 5.74) is -1.16. The van der Waals surface area contributed by atoms with Crippen LogP contribution in [0.15, 0.2) is 36.5 Å². The summed E-state index contributed by atoms with van der Waals surface area (Å²) < 4.78 is 50.1. The van der Waals surface area contributed by atoms with Crippen LogP contribution in [0.25, 0.3) is 11.1 Å². The maximum Gasteiger partial charge on any atom is 0.433 e. The zero-order chi connectivity index (χ0) is 14.9. The number of aromatic carboxylic acids is 1. The van der Waals surface area contributed by atoms with Crippen molar-refractivity contribution in [2.45, 2.75) is 6.18 Å². The number of benzene rings is 1. The molecule has 104 valence electrons. The van der Waals surface area contributed by atoms with E-state index in [0.717, 1.165) is 30.5 Å². The summed E-state index contributed by atoms with van der Waals surface area (Å²) in [6.07, 6.45) is -3.67. The van der Waals surface area contributed by atoms with E-state index in [0.29, 0.717) is 0 Å².